The zero-order chi connectivity index (χ0) is 13.5. The second-order valence-corrected chi connectivity index (χ2v) is 6.09. The van der Waals surface area contributed by atoms with Gasteiger partial charge in [-0.15, -0.1) is 0 Å². The molecule has 2 rings (SSSR count). The summed E-state index contributed by atoms with van der Waals surface area (Å²) in [6.07, 6.45) is 2.53. The number of sulfone groups is 1. The van der Waals surface area contributed by atoms with Crippen LogP contribution in [0.4, 0.5) is 5.82 Å². The summed E-state index contributed by atoms with van der Waals surface area (Å²) in [5.74, 6) is 0.265. The molecule has 0 atom stereocenters. The molecule has 0 amide bonds. The van der Waals surface area contributed by atoms with Crippen molar-refractivity contribution in [3.63, 3.8) is 0 Å². The van der Waals surface area contributed by atoms with E-state index in [1.807, 2.05) is 0 Å². The van der Waals surface area contributed by atoms with Gasteiger partial charge in [-0.25, -0.2) is 8.42 Å². The first kappa shape index (κ1) is 12.4. The highest BCUT2D eigenvalue weighted by molar-refractivity contribution is 7.90. The van der Waals surface area contributed by atoms with Crippen molar-refractivity contribution in [2.45, 2.75) is 11.8 Å². The maximum Gasteiger partial charge on any atom is 0.176 e. The third-order valence-electron chi connectivity index (χ3n) is 2.66. The predicted octanol–water partition coefficient (Wildman–Crippen LogP) is 1.08. The zero-order valence-electron chi connectivity index (χ0n) is 9.93. The number of hydrogen-bond donors (Lipinski definition) is 3. The molecule has 4 N–H and O–H groups in total. The summed E-state index contributed by atoms with van der Waals surface area (Å²) in [5, 5.41) is 16.0. The number of aromatic amines is 1. The number of nitrogens with two attached hydrogens (primary N) is 1. The molecule has 96 valence electrons. The topological polar surface area (TPSA) is 109 Å². The molecule has 0 saturated heterocycles. The maximum absolute atomic E-state index is 11.8. The summed E-state index contributed by atoms with van der Waals surface area (Å²) in [6.45, 7) is 1.63. The van der Waals surface area contributed by atoms with Crippen molar-refractivity contribution in [3.8, 4) is 16.9 Å². The number of nitrogens with zero attached hydrogens (tertiary/aromatic N) is 1. The summed E-state index contributed by atoms with van der Waals surface area (Å²) in [4.78, 5) is 0.117. The number of H-pyrrole nitrogens is 1. The quantitative estimate of drug-likeness (QED) is 0.754. The molecule has 1 heterocycles. The Kier molecular flexibility index (Phi) is 2.78. The molecule has 0 aliphatic heterocycles. The highest BCUT2D eigenvalue weighted by Crippen LogP contribution is 2.34. The van der Waals surface area contributed by atoms with Crippen LogP contribution in [0, 0.1) is 6.92 Å². The van der Waals surface area contributed by atoms with Gasteiger partial charge in [0.25, 0.3) is 0 Å². The second-order valence-electron chi connectivity index (χ2n) is 4.10. The van der Waals surface area contributed by atoms with E-state index in [9.17, 15) is 13.5 Å². The lowest BCUT2D eigenvalue weighted by atomic mass is 10.1. The Bertz CT molecular complexity index is 704. The molecule has 1 aromatic heterocycles. The van der Waals surface area contributed by atoms with Gasteiger partial charge in [0, 0.05) is 17.4 Å². The molecule has 0 fully saturated rings. The number of benzene rings is 1. The number of nitrogen functional groups attached to an aromatic ring is 1. The summed E-state index contributed by atoms with van der Waals surface area (Å²) in [5.41, 5.74) is 6.96. The van der Waals surface area contributed by atoms with Gasteiger partial charge in [0.1, 0.15) is 11.6 Å². The van der Waals surface area contributed by atoms with E-state index in [2.05, 4.69) is 10.2 Å². The third-order valence-corrected chi connectivity index (χ3v) is 3.79. The van der Waals surface area contributed by atoms with Crippen molar-refractivity contribution in [2.75, 3.05) is 12.0 Å². The van der Waals surface area contributed by atoms with Gasteiger partial charge in [0.05, 0.1) is 11.1 Å². The number of aryl methyl sites for hydroxylation is 1. The van der Waals surface area contributed by atoms with E-state index in [0.29, 0.717) is 16.7 Å². The Morgan fingerprint density at radius 2 is 2.00 bits per heavy atom. The summed E-state index contributed by atoms with van der Waals surface area (Å²) in [6, 6.07) is 2.80. The van der Waals surface area contributed by atoms with Crippen molar-refractivity contribution in [1.82, 2.24) is 10.2 Å². The molecule has 0 bridgehead atoms. The number of aromatic hydroxyl groups is 1. The summed E-state index contributed by atoms with van der Waals surface area (Å²) < 4.78 is 23.5. The zero-order valence-corrected chi connectivity index (χ0v) is 10.7. The number of rotatable bonds is 2. The highest BCUT2D eigenvalue weighted by atomic mass is 32.2. The van der Waals surface area contributed by atoms with Gasteiger partial charge in [-0.3, -0.25) is 5.10 Å². The number of anilines is 1. The Balaban J connectivity index is 2.82. The average molecular weight is 267 g/mol. The van der Waals surface area contributed by atoms with Crippen LogP contribution in [0.2, 0.25) is 0 Å². The van der Waals surface area contributed by atoms with Gasteiger partial charge in [-0.2, -0.15) is 5.10 Å². The molecule has 7 heteroatoms. The Hall–Kier alpha value is -2.02. The molecule has 0 aliphatic carbocycles. The largest absolute Gasteiger partial charge is 0.508 e. The molecule has 0 radical (unpaired) electrons. The van der Waals surface area contributed by atoms with Gasteiger partial charge >= 0.3 is 0 Å². The van der Waals surface area contributed by atoms with Crippen LogP contribution >= 0.6 is 0 Å². The lowest BCUT2D eigenvalue weighted by molar-refractivity contribution is 0.471. The molecule has 2 aromatic rings. The lowest BCUT2D eigenvalue weighted by Crippen LogP contribution is -2.01. The maximum atomic E-state index is 11.8. The first-order valence-corrected chi connectivity index (χ1v) is 7.02. The number of nitrogens with one attached hydrogen (secondary N) is 1. The Labute approximate surface area is 104 Å². The fraction of sp³-hybridized carbons (Fsp3) is 0.182. The van der Waals surface area contributed by atoms with Gasteiger partial charge in [-0.05, 0) is 24.6 Å². The van der Waals surface area contributed by atoms with Crippen LogP contribution in [-0.2, 0) is 9.84 Å². The van der Waals surface area contributed by atoms with Crippen LogP contribution in [0.25, 0.3) is 11.1 Å². The minimum atomic E-state index is -3.42. The number of phenolic OH excluding ortho intramolecular Hbond substituents is 1. The van der Waals surface area contributed by atoms with E-state index in [-0.39, 0.29) is 16.5 Å². The van der Waals surface area contributed by atoms with Crippen molar-refractivity contribution >= 4 is 15.7 Å². The Morgan fingerprint density at radius 1 is 1.33 bits per heavy atom. The SMILES string of the molecule is Cc1cc(S(C)(=O)=O)c(-c2cn[nH]c2N)cc1O. The monoisotopic (exact) mass is 267 g/mol. The highest BCUT2D eigenvalue weighted by Gasteiger charge is 2.19. The first-order valence-electron chi connectivity index (χ1n) is 5.13. The summed E-state index contributed by atoms with van der Waals surface area (Å²) >= 11 is 0. The van der Waals surface area contributed by atoms with E-state index >= 15 is 0 Å². The standard InChI is InChI=1S/C11H13N3O3S/c1-6-3-10(18(2,16)17)7(4-9(6)15)8-5-13-14-11(8)12/h3-5,15H,1-2H3,(H3,12,13,14). The van der Waals surface area contributed by atoms with Crippen LogP contribution in [0.15, 0.2) is 23.2 Å². The first-order chi connectivity index (χ1) is 8.30. The molecule has 0 saturated carbocycles. The third kappa shape index (κ3) is 2.04. The van der Waals surface area contributed by atoms with Crippen molar-refractivity contribution < 1.29 is 13.5 Å². The molecule has 0 spiro atoms. The normalized spacial score (nSPS) is 11.7. The molecular formula is C11H13N3O3S. The smallest absolute Gasteiger partial charge is 0.176 e. The molecule has 6 nitrogen and oxygen atoms in total. The number of aromatic nitrogens is 2. The predicted molar refractivity (Wildman–Crippen MR) is 67.9 cm³/mol. The van der Waals surface area contributed by atoms with Crippen molar-refractivity contribution in [3.05, 3.63) is 23.9 Å². The fourth-order valence-corrected chi connectivity index (χ4v) is 2.66. The second kappa shape index (κ2) is 4.02. The van der Waals surface area contributed by atoms with E-state index in [4.69, 9.17) is 5.73 Å². The van der Waals surface area contributed by atoms with Gasteiger partial charge in [-0.1, -0.05) is 0 Å². The van der Waals surface area contributed by atoms with E-state index in [1.54, 1.807) is 6.92 Å². The fourth-order valence-electron chi connectivity index (χ4n) is 1.70. The minimum absolute atomic E-state index is 0.0120. The van der Waals surface area contributed by atoms with Crippen LogP contribution in [0.5, 0.6) is 5.75 Å². The van der Waals surface area contributed by atoms with Crippen LogP contribution in [-0.4, -0.2) is 30.0 Å². The average Bonchev–Trinajstić information content (AvgIpc) is 2.66. The lowest BCUT2D eigenvalue weighted by Gasteiger charge is -2.10. The minimum Gasteiger partial charge on any atom is -0.508 e. The summed E-state index contributed by atoms with van der Waals surface area (Å²) in [7, 11) is -3.42. The molecule has 18 heavy (non-hydrogen) atoms. The molecule has 0 unspecified atom stereocenters. The van der Waals surface area contributed by atoms with Gasteiger partial charge in [0.15, 0.2) is 9.84 Å². The molecular weight excluding hydrogens is 254 g/mol. The van der Waals surface area contributed by atoms with Crippen LogP contribution in [0.3, 0.4) is 0 Å². The van der Waals surface area contributed by atoms with E-state index in [1.165, 1.54) is 18.3 Å². The number of phenols is 1. The molecule has 0 aliphatic rings. The van der Waals surface area contributed by atoms with Gasteiger partial charge < -0.3 is 10.8 Å². The number of hydrogen-bond acceptors (Lipinski definition) is 5. The van der Waals surface area contributed by atoms with Crippen molar-refractivity contribution in [1.29, 1.82) is 0 Å². The van der Waals surface area contributed by atoms with Gasteiger partial charge in [0.2, 0.25) is 0 Å². The Morgan fingerprint density at radius 3 is 2.50 bits per heavy atom. The van der Waals surface area contributed by atoms with Crippen LogP contribution < -0.4 is 5.73 Å². The van der Waals surface area contributed by atoms with E-state index in [0.717, 1.165) is 6.26 Å². The molecule has 1 aromatic carbocycles. The van der Waals surface area contributed by atoms with E-state index < -0.39 is 9.84 Å². The van der Waals surface area contributed by atoms with Crippen molar-refractivity contribution in [2.24, 2.45) is 0 Å². The van der Waals surface area contributed by atoms with Crippen LogP contribution in [0.1, 0.15) is 5.56 Å².